The van der Waals surface area contributed by atoms with Crippen LogP contribution in [0.4, 0.5) is 11.8 Å². The van der Waals surface area contributed by atoms with Crippen LogP contribution in [0.15, 0.2) is 29.7 Å². The molecule has 142 valence electrons. The van der Waals surface area contributed by atoms with Gasteiger partial charge in [0.05, 0.1) is 0 Å². The van der Waals surface area contributed by atoms with Crippen LogP contribution in [-0.2, 0) is 4.79 Å². The summed E-state index contributed by atoms with van der Waals surface area (Å²) in [6.45, 7) is 7.15. The fourth-order valence-corrected chi connectivity index (χ4v) is 4.18. The van der Waals surface area contributed by atoms with Crippen LogP contribution in [0.5, 0.6) is 0 Å². The van der Waals surface area contributed by atoms with Gasteiger partial charge in [0.15, 0.2) is 0 Å². The molecular formula is C20H25N5OS. The number of amides is 1. The molecule has 0 N–H and O–H groups in total. The van der Waals surface area contributed by atoms with E-state index in [0.717, 1.165) is 61.6 Å². The third-order valence-electron chi connectivity index (χ3n) is 5.07. The summed E-state index contributed by atoms with van der Waals surface area (Å²) in [4.78, 5) is 29.4. The number of hydrogen-bond donors (Lipinski definition) is 0. The fraction of sp³-hybridized carbons (Fsp3) is 0.450. The molecule has 0 atom stereocenters. The van der Waals surface area contributed by atoms with Crippen LogP contribution >= 0.6 is 11.3 Å². The number of carbonyl (C=O) groups is 1. The highest BCUT2D eigenvalue weighted by atomic mass is 32.1. The topological polar surface area (TPSA) is 52.6 Å². The first-order valence-electron chi connectivity index (χ1n) is 9.55. The number of carbonyl (C=O) groups excluding carboxylic acids is 1. The smallest absolute Gasteiger partial charge is 0.246 e. The third kappa shape index (κ3) is 4.30. The highest BCUT2D eigenvalue weighted by Gasteiger charge is 2.22. The van der Waals surface area contributed by atoms with E-state index in [4.69, 9.17) is 4.98 Å². The lowest BCUT2D eigenvalue weighted by molar-refractivity contribution is -0.126. The van der Waals surface area contributed by atoms with Crippen LogP contribution in [0, 0.1) is 6.92 Å². The number of piperazine rings is 1. The van der Waals surface area contributed by atoms with Crippen molar-refractivity contribution in [1.29, 1.82) is 0 Å². The summed E-state index contributed by atoms with van der Waals surface area (Å²) in [5.74, 6) is 1.91. The Bertz CT molecular complexity index is 806. The van der Waals surface area contributed by atoms with Gasteiger partial charge in [0.2, 0.25) is 11.9 Å². The Hall–Kier alpha value is -2.41. The molecule has 6 nitrogen and oxygen atoms in total. The molecule has 2 aliphatic heterocycles. The van der Waals surface area contributed by atoms with Gasteiger partial charge in [0.1, 0.15) is 5.82 Å². The lowest BCUT2D eigenvalue weighted by Crippen LogP contribution is -2.48. The summed E-state index contributed by atoms with van der Waals surface area (Å²) < 4.78 is 0. The van der Waals surface area contributed by atoms with E-state index in [1.165, 1.54) is 12.8 Å². The molecule has 0 saturated carbocycles. The third-order valence-corrected chi connectivity index (χ3v) is 5.90. The Morgan fingerprint density at radius 2 is 1.85 bits per heavy atom. The lowest BCUT2D eigenvalue weighted by Gasteiger charge is -2.35. The predicted molar refractivity (Wildman–Crippen MR) is 110 cm³/mol. The van der Waals surface area contributed by atoms with E-state index in [1.54, 1.807) is 17.4 Å². The molecule has 2 aromatic heterocycles. The summed E-state index contributed by atoms with van der Waals surface area (Å²) in [5, 5.41) is 2.02. The summed E-state index contributed by atoms with van der Waals surface area (Å²) >= 11 is 1.64. The quantitative estimate of drug-likeness (QED) is 0.760. The van der Waals surface area contributed by atoms with Crippen molar-refractivity contribution >= 4 is 35.1 Å². The van der Waals surface area contributed by atoms with Crippen LogP contribution in [0.2, 0.25) is 0 Å². The van der Waals surface area contributed by atoms with Crippen molar-refractivity contribution in [3.05, 3.63) is 40.2 Å². The first-order valence-corrected chi connectivity index (χ1v) is 10.4. The first kappa shape index (κ1) is 18.0. The standard InChI is InChI=1S/C20H25N5OS/c1-16-15-18(22-20(21-16)25-8-2-3-9-25)23-10-12-24(13-11-23)19(26)7-6-17-5-4-14-27-17/h4-7,14-15H,2-3,8-13H2,1H3/b7-6+. The van der Waals surface area contributed by atoms with Crippen molar-refractivity contribution in [2.24, 2.45) is 0 Å². The summed E-state index contributed by atoms with van der Waals surface area (Å²) in [6, 6.07) is 6.06. The van der Waals surface area contributed by atoms with Crippen molar-refractivity contribution in [2.45, 2.75) is 19.8 Å². The molecule has 0 radical (unpaired) electrons. The number of nitrogens with zero attached hydrogens (tertiary/aromatic N) is 5. The maximum atomic E-state index is 12.4. The SMILES string of the molecule is Cc1cc(N2CCN(C(=O)/C=C/c3cccs3)CC2)nc(N2CCCC2)n1. The van der Waals surface area contributed by atoms with Crippen LogP contribution < -0.4 is 9.80 Å². The van der Waals surface area contributed by atoms with E-state index in [9.17, 15) is 4.79 Å². The molecule has 2 aliphatic rings. The molecule has 2 fully saturated rings. The van der Waals surface area contributed by atoms with Gasteiger partial charge in [-0.15, -0.1) is 11.3 Å². The largest absolute Gasteiger partial charge is 0.353 e. The van der Waals surface area contributed by atoms with Crippen LogP contribution in [0.3, 0.4) is 0 Å². The molecule has 0 aromatic carbocycles. The molecule has 0 spiro atoms. The molecule has 27 heavy (non-hydrogen) atoms. The van der Waals surface area contributed by atoms with Crippen molar-refractivity contribution in [2.75, 3.05) is 49.1 Å². The predicted octanol–water partition coefficient (Wildman–Crippen LogP) is 2.81. The molecule has 4 heterocycles. The minimum absolute atomic E-state index is 0.0830. The van der Waals surface area contributed by atoms with Gasteiger partial charge in [-0.3, -0.25) is 4.79 Å². The summed E-state index contributed by atoms with van der Waals surface area (Å²) in [7, 11) is 0. The van der Waals surface area contributed by atoms with Crippen molar-refractivity contribution < 1.29 is 4.79 Å². The minimum atomic E-state index is 0.0830. The number of aromatic nitrogens is 2. The maximum Gasteiger partial charge on any atom is 0.246 e. The second-order valence-electron chi connectivity index (χ2n) is 7.02. The van der Waals surface area contributed by atoms with E-state index < -0.39 is 0 Å². The second kappa shape index (κ2) is 8.08. The average molecular weight is 384 g/mol. The normalized spacial score (nSPS) is 17.9. The fourth-order valence-electron chi connectivity index (χ4n) is 3.56. The Morgan fingerprint density at radius 3 is 2.56 bits per heavy atom. The molecule has 0 bridgehead atoms. The number of rotatable bonds is 4. The van der Waals surface area contributed by atoms with Crippen molar-refractivity contribution in [1.82, 2.24) is 14.9 Å². The van der Waals surface area contributed by atoms with Crippen LogP contribution in [0.25, 0.3) is 6.08 Å². The van der Waals surface area contributed by atoms with Gasteiger partial charge in [-0.2, -0.15) is 4.98 Å². The molecule has 2 aromatic rings. The van der Waals surface area contributed by atoms with E-state index in [2.05, 4.69) is 14.8 Å². The number of aryl methyl sites for hydroxylation is 1. The Morgan fingerprint density at radius 1 is 1.07 bits per heavy atom. The van der Waals surface area contributed by atoms with Gasteiger partial charge in [-0.25, -0.2) is 4.98 Å². The molecule has 4 rings (SSSR count). The van der Waals surface area contributed by atoms with E-state index >= 15 is 0 Å². The molecule has 0 unspecified atom stereocenters. The summed E-state index contributed by atoms with van der Waals surface area (Å²) in [6.07, 6.45) is 6.01. The Labute approximate surface area is 164 Å². The monoisotopic (exact) mass is 383 g/mol. The first-order chi connectivity index (χ1) is 13.2. The highest BCUT2D eigenvalue weighted by Crippen LogP contribution is 2.22. The second-order valence-corrected chi connectivity index (χ2v) is 8.00. The lowest BCUT2D eigenvalue weighted by atomic mass is 10.2. The van der Waals surface area contributed by atoms with Gasteiger partial charge >= 0.3 is 0 Å². The zero-order chi connectivity index (χ0) is 18.6. The highest BCUT2D eigenvalue weighted by molar-refractivity contribution is 7.10. The molecule has 1 amide bonds. The maximum absolute atomic E-state index is 12.4. The Balaban J connectivity index is 1.38. The van der Waals surface area contributed by atoms with Gasteiger partial charge in [0.25, 0.3) is 0 Å². The molecule has 0 aliphatic carbocycles. The minimum Gasteiger partial charge on any atom is -0.353 e. The molecule has 7 heteroatoms. The Kier molecular flexibility index (Phi) is 5.38. The van der Waals surface area contributed by atoms with E-state index in [1.807, 2.05) is 41.5 Å². The van der Waals surface area contributed by atoms with Gasteiger partial charge in [-0.1, -0.05) is 6.07 Å². The number of thiophene rings is 1. The van der Waals surface area contributed by atoms with Crippen molar-refractivity contribution in [3.63, 3.8) is 0 Å². The number of hydrogen-bond acceptors (Lipinski definition) is 6. The van der Waals surface area contributed by atoms with Gasteiger partial charge in [-0.05, 0) is 37.3 Å². The average Bonchev–Trinajstić information content (AvgIpc) is 3.39. The zero-order valence-electron chi connectivity index (χ0n) is 15.7. The van der Waals surface area contributed by atoms with Gasteiger partial charge < -0.3 is 14.7 Å². The van der Waals surface area contributed by atoms with Gasteiger partial charge in [0, 0.05) is 62.0 Å². The number of anilines is 2. The molecular weight excluding hydrogens is 358 g/mol. The van der Waals surface area contributed by atoms with Crippen LogP contribution in [-0.4, -0.2) is 60.0 Å². The van der Waals surface area contributed by atoms with E-state index in [0.29, 0.717) is 0 Å². The molecule has 2 saturated heterocycles. The van der Waals surface area contributed by atoms with Crippen molar-refractivity contribution in [3.8, 4) is 0 Å². The van der Waals surface area contributed by atoms with Crippen LogP contribution in [0.1, 0.15) is 23.4 Å². The zero-order valence-corrected chi connectivity index (χ0v) is 16.5. The summed E-state index contributed by atoms with van der Waals surface area (Å²) in [5.41, 5.74) is 0.999. The van der Waals surface area contributed by atoms with E-state index in [-0.39, 0.29) is 5.91 Å².